The van der Waals surface area contributed by atoms with Crippen LogP contribution in [0.5, 0.6) is 0 Å². The van der Waals surface area contributed by atoms with E-state index in [0.29, 0.717) is 12.4 Å². The van der Waals surface area contributed by atoms with Crippen molar-refractivity contribution >= 4 is 0 Å². The smallest absolute Gasteiger partial charge is 0.151 e. The van der Waals surface area contributed by atoms with Gasteiger partial charge in [-0.3, -0.25) is 5.10 Å². The van der Waals surface area contributed by atoms with Gasteiger partial charge in [0.05, 0.1) is 6.54 Å². The van der Waals surface area contributed by atoms with Crippen molar-refractivity contribution < 1.29 is 4.39 Å². The molecule has 0 bridgehead atoms. The first-order chi connectivity index (χ1) is 7.78. The molecular weight excluding hydrogens is 207 g/mol. The van der Waals surface area contributed by atoms with Gasteiger partial charge in [0.25, 0.3) is 0 Å². The number of benzene rings is 1. The summed E-state index contributed by atoms with van der Waals surface area (Å²) in [5.41, 5.74) is 6.48. The summed E-state index contributed by atoms with van der Waals surface area (Å²) in [7, 11) is 0. The van der Waals surface area contributed by atoms with Gasteiger partial charge in [-0.05, 0) is 24.1 Å². The van der Waals surface area contributed by atoms with Crippen molar-refractivity contribution in [2.45, 2.75) is 19.4 Å². The van der Waals surface area contributed by atoms with Crippen LogP contribution in [0, 0.1) is 5.82 Å². The summed E-state index contributed by atoms with van der Waals surface area (Å²) < 4.78 is 12.7. The van der Waals surface area contributed by atoms with Crippen molar-refractivity contribution in [2.24, 2.45) is 5.73 Å². The molecule has 0 atom stereocenters. The van der Waals surface area contributed by atoms with Gasteiger partial charge < -0.3 is 5.73 Å². The lowest BCUT2D eigenvalue weighted by Gasteiger charge is -1.97. The Bertz CT molecular complexity index is 449. The fraction of sp³-hybridized carbons (Fsp3) is 0.273. The number of aryl methyl sites for hydroxylation is 2. The van der Waals surface area contributed by atoms with Crippen LogP contribution in [0.3, 0.4) is 0 Å². The Morgan fingerprint density at radius 2 is 1.94 bits per heavy atom. The molecule has 0 saturated carbocycles. The second-order valence-electron chi connectivity index (χ2n) is 3.53. The van der Waals surface area contributed by atoms with Gasteiger partial charge in [-0.15, -0.1) is 0 Å². The maximum absolute atomic E-state index is 12.7. The number of rotatable bonds is 4. The van der Waals surface area contributed by atoms with E-state index in [-0.39, 0.29) is 5.82 Å². The molecular formula is C11H13FN4. The van der Waals surface area contributed by atoms with E-state index >= 15 is 0 Å². The van der Waals surface area contributed by atoms with Gasteiger partial charge in [-0.25, -0.2) is 9.37 Å². The molecule has 16 heavy (non-hydrogen) atoms. The Labute approximate surface area is 92.7 Å². The predicted molar refractivity (Wildman–Crippen MR) is 58.1 cm³/mol. The third kappa shape index (κ3) is 2.64. The van der Waals surface area contributed by atoms with E-state index in [1.165, 1.54) is 12.1 Å². The number of nitrogens with zero attached hydrogens (tertiary/aromatic N) is 2. The molecule has 0 radical (unpaired) electrons. The highest BCUT2D eigenvalue weighted by atomic mass is 19.1. The Morgan fingerprint density at radius 1 is 1.19 bits per heavy atom. The summed E-state index contributed by atoms with van der Waals surface area (Å²) in [6, 6.07) is 6.45. The number of H-pyrrole nitrogens is 1. The van der Waals surface area contributed by atoms with Crippen molar-refractivity contribution in [1.82, 2.24) is 15.2 Å². The van der Waals surface area contributed by atoms with Crippen LogP contribution >= 0.6 is 0 Å². The van der Waals surface area contributed by atoms with E-state index in [2.05, 4.69) is 15.2 Å². The maximum Gasteiger partial charge on any atom is 0.151 e. The van der Waals surface area contributed by atoms with Gasteiger partial charge >= 0.3 is 0 Å². The standard InChI is InChI=1S/C11H13FN4/c12-9-4-1-8(2-5-9)3-6-10-14-11(7-13)16-15-10/h1-2,4-5H,3,6-7,13H2,(H,14,15,16). The average Bonchev–Trinajstić information content (AvgIpc) is 2.76. The molecule has 0 saturated heterocycles. The molecule has 2 rings (SSSR count). The third-order valence-electron chi connectivity index (χ3n) is 2.32. The summed E-state index contributed by atoms with van der Waals surface area (Å²) in [6.07, 6.45) is 1.52. The van der Waals surface area contributed by atoms with E-state index < -0.39 is 0 Å². The first kappa shape index (κ1) is 10.8. The highest BCUT2D eigenvalue weighted by molar-refractivity contribution is 5.16. The largest absolute Gasteiger partial charge is 0.324 e. The van der Waals surface area contributed by atoms with E-state index in [1.807, 2.05) is 0 Å². The number of hydrogen-bond acceptors (Lipinski definition) is 3. The molecule has 1 heterocycles. The molecule has 0 aliphatic heterocycles. The SMILES string of the molecule is NCc1nc(CCc2ccc(F)cc2)n[nH]1. The lowest BCUT2D eigenvalue weighted by Crippen LogP contribution is -1.98. The first-order valence-electron chi connectivity index (χ1n) is 5.12. The van der Waals surface area contributed by atoms with E-state index in [9.17, 15) is 4.39 Å². The summed E-state index contributed by atoms with van der Waals surface area (Å²) in [5, 5.41) is 6.78. The Hall–Kier alpha value is -1.75. The van der Waals surface area contributed by atoms with Crippen molar-refractivity contribution in [2.75, 3.05) is 0 Å². The first-order valence-corrected chi connectivity index (χ1v) is 5.12. The summed E-state index contributed by atoms with van der Waals surface area (Å²) in [6.45, 7) is 0.365. The van der Waals surface area contributed by atoms with Gasteiger partial charge in [0, 0.05) is 6.42 Å². The third-order valence-corrected chi connectivity index (χ3v) is 2.32. The minimum Gasteiger partial charge on any atom is -0.324 e. The number of hydrogen-bond donors (Lipinski definition) is 2. The molecule has 0 amide bonds. The number of nitrogens with one attached hydrogen (secondary N) is 1. The van der Waals surface area contributed by atoms with Crippen LogP contribution < -0.4 is 5.73 Å². The lowest BCUT2D eigenvalue weighted by atomic mass is 10.1. The summed E-state index contributed by atoms with van der Waals surface area (Å²) in [4.78, 5) is 4.20. The average molecular weight is 220 g/mol. The Kier molecular flexibility index (Phi) is 3.26. The Morgan fingerprint density at radius 3 is 2.56 bits per heavy atom. The zero-order valence-electron chi connectivity index (χ0n) is 8.78. The van der Waals surface area contributed by atoms with Crippen molar-refractivity contribution in [1.29, 1.82) is 0 Å². The molecule has 1 aromatic carbocycles. The van der Waals surface area contributed by atoms with Gasteiger partial charge in [-0.2, -0.15) is 5.10 Å². The molecule has 0 spiro atoms. The van der Waals surface area contributed by atoms with Crippen molar-refractivity contribution in [3.8, 4) is 0 Å². The Balaban J connectivity index is 1.94. The molecule has 4 nitrogen and oxygen atoms in total. The number of halogens is 1. The highest BCUT2D eigenvalue weighted by Crippen LogP contribution is 2.06. The normalized spacial score (nSPS) is 10.6. The van der Waals surface area contributed by atoms with Crippen LogP contribution in [-0.4, -0.2) is 15.2 Å². The van der Waals surface area contributed by atoms with Gasteiger partial charge in [0.15, 0.2) is 5.82 Å². The van der Waals surface area contributed by atoms with E-state index in [4.69, 9.17) is 5.73 Å². The van der Waals surface area contributed by atoms with Crippen LogP contribution in [-0.2, 0) is 19.4 Å². The van der Waals surface area contributed by atoms with E-state index in [0.717, 1.165) is 24.2 Å². The zero-order chi connectivity index (χ0) is 11.4. The highest BCUT2D eigenvalue weighted by Gasteiger charge is 2.02. The van der Waals surface area contributed by atoms with Crippen molar-refractivity contribution in [3.63, 3.8) is 0 Å². The molecule has 2 aromatic rings. The second-order valence-corrected chi connectivity index (χ2v) is 3.53. The maximum atomic E-state index is 12.7. The summed E-state index contributed by atoms with van der Waals surface area (Å²) in [5.74, 6) is 1.21. The fourth-order valence-corrected chi connectivity index (χ4v) is 1.45. The molecule has 5 heteroatoms. The van der Waals surface area contributed by atoms with Gasteiger partial charge in [0.2, 0.25) is 0 Å². The molecule has 3 N–H and O–H groups in total. The van der Waals surface area contributed by atoms with E-state index in [1.54, 1.807) is 12.1 Å². The molecule has 0 fully saturated rings. The number of aromatic nitrogens is 3. The minimum atomic E-state index is -0.216. The molecule has 0 aliphatic rings. The number of aromatic amines is 1. The topological polar surface area (TPSA) is 67.6 Å². The quantitative estimate of drug-likeness (QED) is 0.813. The van der Waals surface area contributed by atoms with Crippen LogP contribution in [0.15, 0.2) is 24.3 Å². The lowest BCUT2D eigenvalue weighted by molar-refractivity contribution is 0.627. The number of nitrogens with two attached hydrogens (primary N) is 1. The van der Waals surface area contributed by atoms with Crippen molar-refractivity contribution in [3.05, 3.63) is 47.3 Å². The summed E-state index contributed by atoms with van der Waals surface area (Å²) >= 11 is 0. The zero-order valence-corrected chi connectivity index (χ0v) is 8.78. The minimum absolute atomic E-state index is 0.216. The fourth-order valence-electron chi connectivity index (χ4n) is 1.45. The molecule has 0 unspecified atom stereocenters. The monoisotopic (exact) mass is 220 g/mol. The van der Waals surface area contributed by atoms with Gasteiger partial charge in [0.1, 0.15) is 11.6 Å². The van der Waals surface area contributed by atoms with Crippen LogP contribution in [0.2, 0.25) is 0 Å². The predicted octanol–water partition coefficient (Wildman–Crippen LogP) is 1.19. The van der Waals surface area contributed by atoms with Gasteiger partial charge in [-0.1, -0.05) is 12.1 Å². The second kappa shape index (κ2) is 4.85. The van der Waals surface area contributed by atoms with Crippen LogP contribution in [0.25, 0.3) is 0 Å². The van der Waals surface area contributed by atoms with Crippen LogP contribution in [0.4, 0.5) is 4.39 Å². The molecule has 0 aliphatic carbocycles. The molecule has 1 aromatic heterocycles. The molecule has 84 valence electrons. The van der Waals surface area contributed by atoms with Crippen LogP contribution in [0.1, 0.15) is 17.2 Å².